The average Bonchev–Trinajstić information content (AvgIpc) is 2.52. The molecule has 1 amide bonds. The summed E-state index contributed by atoms with van der Waals surface area (Å²) < 4.78 is 10.1. The first-order chi connectivity index (χ1) is 10.5. The molecule has 0 unspecified atom stereocenters. The molecule has 128 valence electrons. The Labute approximate surface area is 133 Å². The molecule has 0 bridgehead atoms. The summed E-state index contributed by atoms with van der Waals surface area (Å²) in [6.45, 7) is 7.86. The lowest BCUT2D eigenvalue weighted by Crippen LogP contribution is -2.50. The molecule has 1 aliphatic heterocycles. The Bertz CT molecular complexity index is 352. The molecule has 22 heavy (non-hydrogen) atoms. The van der Waals surface area contributed by atoms with Crippen molar-refractivity contribution in [3.63, 3.8) is 0 Å². The van der Waals surface area contributed by atoms with Crippen LogP contribution in [-0.4, -0.2) is 55.9 Å². The van der Waals surface area contributed by atoms with Crippen molar-refractivity contribution in [3.05, 3.63) is 0 Å². The third-order valence-electron chi connectivity index (χ3n) is 3.79. The van der Waals surface area contributed by atoms with Crippen molar-refractivity contribution in [1.82, 2.24) is 10.2 Å². The molecule has 1 rings (SSSR count). The summed E-state index contributed by atoms with van der Waals surface area (Å²) in [7, 11) is 1.42. The first-order valence-electron chi connectivity index (χ1n) is 8.23. The second-order valence-electron chi connectivity index (χ2n) is 6.26. The van der Waals surface area contributed by atoms with E-state index < -0.39 is 0 Å². The molecule has 0 aromatic heterocycles. The summed E-state index contributed by atoms with van der Waals surface area (Å²) in [6.07, 6.45) is 3.11. The number of amides is 1. The zero-order valence-electron chi connectivity index (χ0n) is 14.3. The highest BCUT2D eigenvalue weighted by atomic mass is 16.6. The first kappa shape index (κ1) is 18.7. The van der Waals surface area contributed by atoms with Crippen molar-refractivity contribution in [2.45, 2.75) is 58.5 Å². The number of hydrogen-bond acceptors (Lipinski definition) is 5. The summed E-state index contributed by atoms with van der Waals surface area (Å²) in [5.41, 5.74) is 0. The number of carbonyl (C=O) groups is 2. The first-order valence-corrected chi connectivity index (χ1v) is 8.23. The van der Waals surface area contributed by atoms with Crippen molar-refractivity contribution in [2.75, 3.05) is 26.8 Å². The molecule has 0 aromatic carbocycles. The maximum atomic E-state index is 11.9. The van der Waals surface area contributed by atoms with E-state index in [0.29, 0.717) is 25.6 Å². The molecule has 0 spiro atoms. The molecule has 1 fully saturated rings. The number of nitrogens with one attached hydrogen (secondary N) is 1. The van der Waals surface area contributed by atoms with Crippen LogP contribution in [0.1, 0.15) is 46.5 Å². The van der Waals surface area contributed by atoms with Gasteiger partial charge in [-0.3, -0.25) is 4.79 Å². The van der Waals surface area contributed by atoms with Gasteiger partial charge in [0.15, 0.2) is 0 Å². The van der Waals surface area contributed by atoms with Gasteiger partial charge in [-0.05, 0) is 25.2 Å². The van der Waals surface area contributed by atoms with Gasteiger partial charge in [0.2, 0.25) is 0 Å². The van der Waals surface area contributed by atoms with E-state index >= 15 is 0 Å². The molecule has 1 N–H and O–H groups in total. The smallest absolute Gasteiger partial charge is 0.409 e. The number of piperidine rings is 1. The minimum Gasteiger partial charge on any atom is -0.468 e. The van der Waals surface area contributed by atoms with Gasteiger partial charge in [0.05, 0.1) is 13.7 Å². The van der Waals surface area contributed by atoms with Gasteiger partial charge in [0.25, 0.3) is 0 Å². The standard InChI is InChI=1S/C16H30N2O4/c1-5-6-14(15(19)21-4)17-13-7-9-18(10-8-13)16(20)22-11-12(2)3/h12-14,17H,5-11H2,1-4H3/t14-/m1/s1. The van der Waals surface area contributed by atoms with E-state index in [4.69, 9.17) is 9.47 Å². The third kappa shape index (κ3) is 6.22. The Morgan fingerprint density at radius 3 is 2.41 bits per heavy atom. The van der Waals surface area contributed by atoms with Crippen LogP contribution in [0.2, 0.25) is 0 Å². The minimum absolute atomic E-state index is 0.208. The molecule has 6 heteroatoms. The lowest BCUT2D eigenvalue weighted by atomic mass is 10.0. The van der Waals surface area contributed by atoms with Crippen molar-refractivity contribution in [2.24, 2.45) is 5.92 Å². The average molecular weight is 314 g/mol. The highest BCUT2D eigenvalue weighted by Gasteiger charge is 2.27. The van der Waals surface area contributed by atoms with Gasteiger partial charge < -0.3 is 19.7 Å². The monoisotopic (exact) mass is 314 g/mol. The fraction of sp³-hybridized carbons (Fsp3) is 0.875. The van der Waals surface area contributed by atoms with Gasteiger partial charge >= 0.3 is 12.1 Å². The molecule has 6 nitrogen and oxygen atoms in total. The second-order valence-corrected chi connectivity index (χ2v) is 6.26. The highest BCUT2D eigenvalue weighted by Crippen LogP contribution is 2.14. The quantitative estimate of drug-likeness (QED) is 0.730. The number of likely N-dealkylation sites (tertiary alicyclic amines) is 1. The number of carbonyl (C=O) groups excluding carboxylic acids is 2. The maximum Gasteiger partial charge on any atom is 0.409 e. The lowest BCUT2D eigenvalue weighted by Gasteiger charge is -2.33. The van der Waals surface area contributed by atoms with Gasteiger partial charge in [-0.1, -0.05) is 27.2 Å². The Kier molecular flexibility index (Phi) is 8.24. The lowest BCUT2D eigenvalue weighted by molar-refractivity contribution is -0.143. The summed E-state index contributed by atoms with van der Waals surface area (Å²) in [6, 6.07) is -0.00996. The van der Waals surface area contributed by atoms with Gasteiger partial charge in [-0.15, -0.1) is 0 Å². The Balaban J connectivity index is 2.37. The van der Waals surface area contributed by atoms with Crippen LogP contribution in [0.25, 0.3) is 0 Å². The molecule has 0 saturated carbocycles. The zero-order valence-corrected chi connectivity index (χ0v) is 14.3. The fourth-order valence-corrected chi connectivity index (χ4v) is 2.54. The van der Waals surface area contributed by atoms with Crippen molar-refractivity contribution < 1.29 is 19.1 Å². The summed E-state index contributed by atoms with van der Waals surface area (Å²) >= 11 is 0. The molecule has 1 atom stereocenters. The Hall–Kier alpha value is -1.30. The number of hydrogen-bond donors (Lipinski definition) is 1. The zero-order chi connectivity index (χ0) is 16.5. The summed E-state index contributed by atoms with van der Waals surface area (Å²) in [4.78, 5) is 25.4. The SMILES string of the molecule is CCC[C@@H](NC1CCN(C(=O)OCC(C)C)CC1)C(=O)OC. The molecular weight excluding hydrogens is 284 g/mol. The number of rotatable bonds is 7. The van der Waals surface area contributed by atoms with Crippen LogP contribution in [0.5, 0.6) is 0 Å². The predicted molar refractivity (Wildman–Crippen MR) is 84.6 cm³/mol. The number of esters is 1. The topological polar surface area (TPSA) is 67.9 Å². The Morgan fingerprint density at radius 2 is 1.91 bits per heavy atom. The van der Waals surface area contributed by atoms with Crippen LogP contribution < -0.4 is 5.32 Å². The van der Waals surface area contributed by atoms with Gasteiger partial charge in [0, 0.05) is 19.1 Å². The maximum absolute atomic E-state index is 11.9. The van der Waals surface area contributed by atoms with E-state index in [9.17, 15) is 9.59 Å². The molecular formula is C16H30N2O4. The number of ether oxygens (including phenoxy) is 2. The van der Waals surface area contributed by atoms with Gasteiger partial charge in [0.1, 0.15) is 6.04 Å². The molecule has 0 radical (unpaired) electrons. The van der Waals surface area contributed by atoms with Gasteiger partial charge in [-0.2, -0.15) is 0 Å². The second kappa shape index (κ2) is 9.66. The summed E-state index contributed by atoms with van der Waals surface area (Å²) in [5.74, 6) is 0.138. The van der Waals surface area contributed by atoms with Gasteiger partial charge in [-0.25, -0.2) is 4.79 Å². The van der Waals surface area contributed by atoms with Crippen LogP contribution in [-0.2, 0) is 14.3 Å². The molecule has 1 heterocycles. The van der Waals surface area contributed by atoms with Crippen LogP contribution in [0.3, 0.4) is 0 Å². The number of methoxy groups -OCH3 is 1. The van der Waals surface area contributed by atoms with E-state index in [2.05, 4.69) is 5.32 Å². The van der Waals surface area contributed by atoms with Crippen molar-refractivity contribution in [3.8, 4) is 0 Å². The van der Waals surface area contributed by atoms with E-state index in [0.717, 1.165) is 25.7 Å². The third-order valence-corrected chi connectivity index (χ3v) is 3.79. The van der Waals surface area contributed by atoms with E-state index in [-0.39, 0.29) is 24.1 Å². The van der Waals surface area contributed by atoms with E-state index in [1.54, 1.807) is 4.90 Å². The molecule has 1 saturated heterocycles. The molecule has 1 aliphatic rings. The number of nitrogens with zero attached hydrogens (tertiary/aromatic N) is 1. The van der Waals surface area contributed by atoms with Crippen molar-refractivity contribution in [1.29, 1.82) is 0 Å². The molecule has 0 aliphatic carbocycles. The van der Waals surface area contributed by atoms with Crippen LogP contribution >= 0.6 is 0 Å². The van der Waals surface area contributed by atoms with E-state index in [1.165, 1.54) is 7.11 Å². The minimum atomic E-state index is -0.251. The highest BCUT2D eigenvalue weighted by molar-refractivity contribution is 5.75. The summed E-state index contributed by atoms with van der Waals surface area (Å²) in [5, 5.41) is 3.36. The molecule has 0 aromatic rings. The largest absolute Gasteiger partial charge is 0.468 e. The predicted octanol–water partition coefficient (Wildman–Crippen LogP) is 2.17. The van der Waals surface area contributed by atoms with Crippen molar-refractivity contribution >= 4 is 12.1 Å². The van der Waals surface area contributed by atoms with E-state index in [1.807, 2.05) is 20.8 Å². The fourth-order valence-electron chi connectivity index (χ4n) is 2.54. The van der Waals surface area contributed by atoms with Crippen LogP contribution in [0.15, 0.2) is 0 Å². The van der Waals surface area contributed by atoms with Crippen LogP contribution in [0, 0.1) is 5.92 Å². The Morgan fingerprint density at radius 1 is 1.27 bits per heavy atom. The van der Waals surface area contributed by atoms with Crippen LogP contribution in [0.4, 0.5) is 4.79 Å². The normalized spacial score (nSPS) is 17.4.